The first-order valence-electron chi connectivity index (χ1n) is 19.7. The summed E-state index contributed by atoms with van der Waals surface area (Å²) in [6.07, 6.45) is 5.30. The minimum atomic E-state index is -1.32. The lowest BCUT2D eigenvalue weighted by Crippen LogP contribution is -2.26. The van der Waals surface area contributed by atoms with Crippen molar-refractivity contribution < 1.29 is 19.8 Å². The molecular formula is C50H40N6O4. The second kappa shape index (κ2) is 15.9. The summed E-state index contributed by atoms with van der Waals surface area (Å²) in [5.41, 5.74) is 13.0. The molecule has 10 nitrogen and oxygen atoms in total. The van der Waals surface area contributed by atoms with Gasteiger partial charge in [0.05, 0.1) is 34.2 Å². The molecule has 60 heavy (non-hydrogen) atoms. The minimum absolute atomic E-state index is 0.314. The Morgan fingerprint density at radius 2 is 0.750 bits per heavy atom. The topological polar surface area (TPSA) is 156 Å². The molecule has 4 aromatic carbocycles. The van der Waals surface area contributed by atoms with E-state index in [1.54, 1.807) is 18.2 Å². The average molecular weight is 789 g/mol. The number of fused-ring (bicyclic) bond motifs is 8. The summed E-state index contributed by atoms with van der Waals surface area (Å²) in [5, 5.41) is 26.3. The number of aliphatic hydroxyl groups excluding tert-OH is 2. The van der Waals surface area contributed by atoms with Crippen molar-refractivity contribution in [3.63, 3.8) is 0 Å². The predicted molar refractivity (Wildman–Crippen MR) is 241 cm³/mol. The Morgan fingerprint density at radius 3 is 1.08 bits per heavy atom. The number of rotatable bonds is 8. The van der Waals surface area contributed by atoms with E-state index >= 15 is 0 Å². The Morgan fingerprint density at radius 1 is 0.433 bits per heavy atom. The van der Waals surface area contributed by atoms with Crippen LogP contribution in [0, 0.1) is 0 Å². The number of hydrogen-bond donors (Lipinski definition) is 6. The Labute approximate surface area is 345 Å². The molecule has 0 saturated heterocycles. The highest BCUT2D eigenvalue weighted by Crippen LogP contribution is 2.43. The van der Waals surface area contributed by atoms with Gasteiger partial charge in [0, 0.05) is 49.9 Å². The molecule has 9 rings (SSSR count). The van der Waals surface area contributed by atoms with Crippen LogP contribution in [0.2, 0.25) is 0 Å². The van der Waals surface area contributed by atoms with E-state index in [0.717, 1.165) is 61.3 Å². The van der Waals surface area contributed by atoms with Crippen LogP contribution in [-0.4, -0.2) is 54.2 Å². The van der Waals surface area contributed by atoms with Gasteiger partial charge in [-0.25, -0.2) is 9.97 Å². The zero-order valence-electron chi connectivity index (χ0n) is 32.8. The van der Waals surface area contributed by atoms with Gasteiger partial charge >= 0.3 is 0 Å². The van der Waals surface area contributed by atoms with E-state index in [4.69, 9.17) is 9.97 Å². The van der Waals surface area contributed by atoms with E-state index in [1.807, 2.05) is 115 Å². The highest BCUT2D eigenvalue weighted by molar-refractivity contribution is 6.09. The van der Waals surface area contributed by atoms with Crippen molar-refractivity contribution in [3.8, 4) is 44.5 Å². The molecule has 5 heterocycles. The van der Waals surface area contributed by atoms with Crippen LogP contribution in [0.4, 0.5) is 11.4 Å². The number of amides is 2. The second-order valence-corrected chi connectivity index (χ2v) is 14.7. The number of carbonyl (C=O) groups excluding carboxylic acids is 2. The van der Waals surface area contributed by atoms with Crippen LogP contribution in [0.25, 0.3) is 90.9 Å². The first-order chi connectivity index (χ1) is 29.2. The predicted octanol–water partition coefficient (Wildman–Crippen LogP) is 9.96. The third kappa shape index (κ3) is 7.21. The molecule has 7 aromatic rings. The SMILES string of the molecule is CC(O)C(=O)Nc1cccc(NC(=O)[C@H](C)O)c1-c1c2nc(c(-c3ccccc3)c3ccc([nH]3)c(-c3ccccc3)c3nc(c(-c4ccccc4)c4ccc1[nH]4)C=C3)C=C2. The van der Waals surface area contributed by atoms with E-state index < -0.39 is 24.0 Å². The van der Waals surface area contributed by atoms with Gasteiger partial charge in [0.25, 0.3) is 11.8 Å². The van der Waals surface area contributed by atoms with Crippen molar-refractivity contribution in [2.45, 2.75) is 26.1 Å². The highest BCUT2D eigenvalue weighted by atomic mass is 16.3. The van der Waals surface area contributed by atoms with Crippen molar-refractivity contribution in [3.05, 3.63) is 156 Å². The molecule has 10 heteroatoms. The normalized spacial score (nSPS) is 12.9. The lowest BCUT2D eigenvalue weighted by atomic mass is 9.98. The van der Waals surface area contributed by atoms with Crippen molar-refractivity contribution in [1.82, 2.24) is 19.9 Å². The molecule has 8 bridgehead atoms. The van der Waals surface area contributed by atoms with E-state index in [2.05, 4.69) is 44.9 Å². The van der Waals surface area contributed by atoms with Crippen molar-refractivity contribution >= 4 is 69.6 Å². The maximum absolute atomic E-state index is 13.2. The summed E-state index contributed by atoms with van der Waals surface area (Å²) in [5.74, 6) is -1.28. The molecule has 2 aliphatic heterocycles. The van der Waals surface area contributed by atoms with Gasteiger partial charge in [-0.2, -0.15) is 0 Å². The number of aromatic amines is 2. The molecule has 6 N–H and O–H groups in total. The van der Waals surface area contributed by atoms with Crippen LogP contribution in [-0.2, 0) is 9.59 Å². The van der Waals surface area contributed by atoms with Crippen LogP contribution < -0.4 is 10.6 Å². The van der Waals surface area contributed by atoms with E-state index in [1.165, 1.54) is 13.8 Å². The number of nitrogens with zero attached hydrogens (tertiary/aromatic N) is 2. The molecule has 0 fully saturated rings. The largest absolute Gasteiger partial charge is 0.384 e. The summed E-state index contributed by atoms with van der Waals surface area (Å²) in [7, 11) is 0. The third-order valence-electron chi connectivity index (χ3n) is 10.5. The molecule has 2 amide bonds. The summed E-state index contributed by atoms with van der Waals surface area (Å²) in [4.78, 5) is 44.4. The molecule has 0 saturated carbocycles. The zero-order valence-corrected chi connectivity index (χ0v) is 32.8. The smallest absolute Gasteiger partial charge is 0.252 e. The summed E-state index contributed by atoms with van der Waals surface area (Å²) < 4.78 is 0. The van der Waals surface area contributed by atoms with Gasteiger partial charge in [0.2, 0.25) is 0 Å². The number of nitrogens with one attached hydrogen (secondary N) is 4. The summed E-state index contributed by atoms with van der Waals surface area (Å²) in [6.45, 7) is 2.76. The fourth-order valence-electron chi connectivity index (χ4n) is 7.70. The number of benzene rings is 4. The van der Waals surface area contributed by atoms with Crippen LogP contribution in [0.3, 0.4) is 0 Å². The number of hydrogen-bond acceptors (Lipinski definition) is 6. The van der Waals surface area contributed by atoms with Crippen LogP contribution in [0.1, 0.15) is 36.6 Å². The monoisotopic (exact) mass is 788 g/mol. The first kappa shape index (κ1) is 37.9. The van der Waals surface area contributed by atoms with Gasteiger partial charge in [0.1, 0.15) is 12.2 Å². The third-order valence-corrected chi connectivity index (χ3v) is 10.5. The standard InChI is InChI=1S/C50H40N6O4/c1-29(57)49(59)55-34-19-12-20-35(56-50(60)30(2)58)47(34)48-42-27-25-40(53-42)45(32-15-8-4-9-16-32)38-23-21-36(51-38)44(31-13-6-3-7-14-31)37-22-24-39(52-37)46(33-17-10-5-11-18-33)41-26-28-43(48)54-41/h3-30,51,54,57-58H,1-2H3,(H,55,59)(H,56,60)/t29-,30?/m0/s1. The fraction of sp³-hybridized carbons (Fsp3) is 0.0800. The Hall–Kier alpha value is -7.66. The lowest BCUT2D eigenvalue weighted by molar-refractivity contribution is -0.123. The van der Waals surface area contributed by atoms with Crippen LogP contribution in [0.5, 0.6) is 0 Å². The average Bonchev–Trinajstić information content (AvgIpc) is 4.11. The molecule has 0 aliphatic carbocycles. The molecule has 0 radical (unpaired) electrons. The highest BCUT2D eigenvalue weighted by Gasteiger charge is 2.24. The molecule has 3 aromatic heterocycles. The Kier molecular flexibility index (Phi) is 10.1. The van der Waals surface area contributed by atoms with Gasteiger partial charge in [0.15, 0.2) is 0 Å². The molecule has 294 valence electrons. The van der Waals surface area contributed by atoms with E-state index in [9.17, 15) is 19.8 Å². The number of aliphatic hydroxyl groups is 2. The van der Waals surface area contributed by atoms with Gasteiger partial charge in [-0.15, -0.1) is 0 Å². The molecule has 2 aliphatic rings. The summed E-state index contributed by atoms with van der Waals surface area (Å²) in [6, 6.07) is 43.5. The molecule has 0 spiro atoms. The maximum atomic E-state index is 13.2. The minimum Gasteiger partial charge on any atom is -0.384 e. The quantitative estimate of drug-likeness (QED) is 0.0901. The Balaban J connectivity index is 1.47. The lowest BCUT2D eigenvalue weighted by Gasteiger charge is -2.18. The maximum Gasteiger partial charge on any atom is 0.252 e. The molecule has 1 unspecified atom stereocenters. The second-order valence-electron chi connectivity index (χ2n) is 14.7. The Bertz CT molecular complexity index is 2940. The van der Waals surface area contributed by atoms with E-state index in [-0.39, 0.29) is 0 Å². The number of carbonyl (C=O) groups is 2. The summed E-state index contributed by atoms with van der Waals surface area (Å²) >= 11 is 0. The molecular weight excluding hydrogens is 749 g/mol. The van der Waals surface area contributed by atoms with Crippen LogP contribution in [0.15, 0.2) is 133 Å². The fourth-order valence-corrected chi connectivity index (χ4v) is 7.70. The van der Waals surface area contributed by atoms with Crippen molar-refractivity contribution in [1.29, 1.82) is 0 Å². The van der Waals surface area contributed by atoms with Crippen LogP contribution >= 0.6 is 0 Å². The zero-order chi connectivity index (χ0) is 41.3. The number of H-pyrrole nitrogens is 2. The van der Waals surface area contributed by atoms with Crippen molar-refractivity contribution in [2.24, 2.45) is 0 Å². The number of aromatic nitrogens is 4. The van der Waals surface area contributed by atoms with Gasteiger partial charge < -0.3 is 30.8 Å². The van der Waals surface area contributed by atoms with Crippen molar-refractivity contribution in [2.75, 3.05) is 10.6 Å². The number of anilines is 2. The van der Waals surface area contributed by atoms with Gasteiger partial charge in [-0.3, -0.25) is 9.59 Å². The van der Waals surface area contributed by atoms with Gasteiger partial charge in [-0.05, 0) is 91.2 Å². The van der Waals surface area contributed by atoms with E-state index in [0.29, 0.717) is 39.4 Å². The van der Waals surface area contributed by atoms with Gasteiger partial charge in [-0.1, -0.05) is 97.1 Å². The molecule has 2 atom stereocenters. The first-order valence-corrected chi connectivity index (χ1v) is 19.7.